The van der Waals surface area contributed by atoms with Crippen molar-refractivity contribution in [3.05, 3.63) is 35.4 Å². The minimum absolute atomic E-state index is 0.0528. The summed E-state index contributed by atoms with van der Waals surface area (Å²) >= 11 is 0. The van der Waals surface area contributed by atoms with Gasteiger partial charge in [-0.2, -0.15) is 5.26 Å². The first kappa shape index (κ1) is 18.5. The van der Waals surface area contributed by atoms with Gasteiger partial charge < -0.3 is 15.2 Å². The lowest BCUT2D eigenvalue weighted by Crippen LogP contribution is -2.41. The zero-order chi connectivity index (χ0) is 18.2. The van der Waals surface area contributed by atoms with Crippen LogP contribution < -0.4 is 10.1 Å². The summed E-state index contributed by atoms with van der Waals surface area (Å²) in [5.74, 6) is -0.571. The van der Waals surface area contributed by atoms with E-state index in [2.05, 4.69) is 12.2 Å². The number of nitrogens with one attached hydrogen (secondary N) is 1. The highest BCUT2D eigenvalue weighted by atomic mass is 16.5. The van der Waals surface area contributed by atoms with Gasteiger partial charge in [0.2, 0.25) is 0 Å². The lowest BCUT2D eigenvalue weighted by molar-refractivity contribution is -0.139. The molecule has 0 radical (unpaired) electrons. The molecule has 1 aliphatic rings. The van der Waals surface area contributed by atoms with E-state index >= 15 is 0 Å². The van der Waals surface area contributed by atoms with Crippen LogP contribution in [0.4, 0.5) is 0 Å². The number of nitriles is 1. The number of amides is 1. The lowest BCUT2D eigenvalue weighted by atomic mass is 9.86. The number of hydrogen-bond acceptors (Lipinski definition) is 4. The fourth-order valence-electron chi connectivity index (χ4n) is 2.90. The van der Waals surface area contributed by atoms with E-state index in [1.54, 1.807) is 24.3 Å². The van der Waals surface area contributed by atoms with Gasteiger partial charge in [-0.1, -0.05) is 31.9 Å². The van der Waals surface area contributed by atoms with Gasteiger partial charge in [0, 0.05) is 6.04 Å². The standard InChI is InChI=1S/C19H22N2O4/c1-13-4-2-3-5-17(13)21-19(24)15(11-20)10-14-6-8-16(9-7-14)25-12-18(22)23/h6-10,13,17H,2-5,12H2,1H3,(H,21,24)(H,22,23)/b15-10+/t13-,17+/m0/s1. The van der Waals surface area contributed by atoms with Gasteiger partial charge in [0.15, 0.2) is 6.61 Å². The normalized spacial score (nSPS) is 20.4. The summed E-state index contributed by atoms with van der Waals surface area (Å²) < 4.78 is 5.05. The van der Waals surface area contributed by atoms with Crippen LogP contribution in [-0.4, -0.2) is 29.6 Å². The van der Waals surface area contributed by atoms with Crippen LogP contribution in [0.1, 0.15) is 38.2 Å². The summed E-state index contributed by atoms with van der Waals surface area (Å²) in [5, 5.41) is 20.8. The van der Waals surface area contributed by atoms with Crippen LogP contribution in [0.2, 0.25) is 0 Å². The van der Waals surface area contributed by atoms with Gasteiger partial charge in [-0.3, -0.25) is 4.79 Å². The lowest BCUT2D eigenvalue weighted by Gasteiger charge is -2.29. The number of rotatable bonds is 6. The van der Waals surface area contributed by atoms with Gasteiger partial charge in [-0.25, -0.2) is 4.79 Å². The van der Waals surface area contributed by atoms with Gasteiger partial charge in [0.05, 0.1) is 0 Å². The summed E-state index contributed by atoms with van der Waals surface area (Å²) in [6, 6.07) is 8.61. The molecule has 2 N–H and O–H groups in total. The summed E-state index contributed by atoms with van der Waals surface area (Å²) in [6.07, 6.45) is 5.84. The Bertz CT molecular complexity index is 688. The first-order valence-electron chi connectivity index (χ1n) is 8.37. The third-order valence-corrected chi connectivity index (χ3v) is 4.35. The quantitative estimate of drug-likeness (QED) is 0.612. The fraction of sp³-hybridized carbons (Fsp3) is 0.421. The molecule has 6 nitrogen and oxygen atoms in total. The molecule has 2 atom stereocenters. The van der Waals surface area contributed by atoms with E-state index in [9.17, 15) is 14.9 Å². The molecular weight excluding hydrogens is 320 g/mol. The first-order chi connectivity index (χ1) is 12.0. The second-order valence-corrected chi connectivity index (χ2v) is 6.26. The molecule has 1 amide bonds. The van der Waals surface area contributed by atoms with Gasteiger partial charge in [0.1, 0.15) is 17.4 Å². The number of nitrogens with zero attached hydrogens (tertiary/aromatic N) is 1. The predicted octanol–water partition coefficient (Wildman–Crippen LogP) is 2.75. The zero-order valence-corrected chi connectivity index (χ0v) is 14.2. The molecular formula is C19H22N2O4. The van der Waals surface area contributed by atoms with Crippen LogP contribution in [-0.2, 0) is 9.59 Å². The van der Waals surface area contributed by atoms with Crippen LogP contribution in [0.5, 0.6) is 5.75 Å². The molecule has 0 aliphatic heterocycles. The van der Waals surface area contributed by atoms with Gasteiger partial charge in [0.25, 0.3) is 5.91 Å². The Morgan fingerprint density at radius 3 is 2.60 bits per heavy atom. The van der Waals surface area contributed by atoms with Crippen molar-refractivity contribution >= 4 is 18.0 Å². The molecule has 0 aromatic heterocycles. The fourth-order valence-corrected chi connectivity index (χ4v) is 2.90. The van der Waals surface area contributed by atoms with E-state index in [0.717, 1.165) is 19.3 Å². The molecule has 0 saturated heterocycles. The highest BCUT2D eigenvalue weighted by Crippen LogP contribution is 2.24. The molecule has 1 fully saturated rings. The molecule has 25 heavy (non-hydrogen) atoms. The number of hydrogen-bond donors (Lipinski definition) is 2. The first-order valence-corrected chi connectivity index (χ1v) is 8.37. The topological polar surface area (TPSA) is 99.4 Å². The number of ether oxygens (including phenoxy) is 1. The maximum Gasteiger partial charge on any atom is 0.341 e. The van der Waals surface area contributed by atoms with Crippen LogP contribution in [0.15, 0.2) is 29.8 Å². The number of benzene rings is 1. The molecule has 1 aliphatic carbocycles. The Morgan fingerprint density at radius 2 is 2.00 bits per heavy atom. The Morgan fingerprint density at radius 1 is 1.32 bits per heavy atom. The van der Waals surface area contributed by atoms with E-state index in [0.29, 0.717) is 17.2 Å². The second kappa shape index (κ2) is 8.88. The van der Waals surface area contributed by atoms with Crippen LogP contribution in [0, 0.1) is 17.2 Å². The minimum Gasteiger partial charge on any atom is -0.482 e. The maximum atomic E-state index is 12.3. The average Bonchev–Trinajstić information content (AvgIpc) is 2.60. The van der Waals surface area contributed by atoms with Gasteiger partial charge in [-0.15, -0.1) is 0 Å². The zero-order valence-electron chi connectivity index (χ0n) is 14.2. The molecule has 0 spiro atoms. The average molecular weight is 342 g/mol. The maximum absolute atomic E-state index is 12.3. The minimum atomic E-state index is -1.05. The molecule has 1 aromatic carbocycles. The number of carbonyl (C=O) groups excluding carboxylic acids is 1. The van der Waals surface area contributed by atoms with E-state index in [1.165, 1.54) is 12.5 Å². The second-order valence-electron chi connectivity index (χ2n) is 6.26. The van der Waals surface area contributed by atoms with Crippen molar-refractivity contribution in [1.29, 1.82) is 5.26 Å². The van der Waals surface area contributed by atoms with Crippen molar-refractivity contribution in [2.45, 2.75) is 38.6 Å². The van der Waals surface area contributed by atoms with E-state index in [-0.39, 0.29) is 17.5 Å². The summed E-state index contributed by atoms with van der Waals surface area (Å²) in [5.41, 5.74) is 0.725. The molecule has 1 saturated carbocycles. The number of carboxylic acids is 1. The molecule has 132 valence electrons. The molecule has 6 heteroatoms. The smallest absolute Gasteiger partial charge is 0.341 e. The van der Waals surface area contributed by atoms with Gasteiger partial charge in [-0.05, 0) is 42.5 Å². The van der Waals surface area contributed by atoms with Crippen LogP contribution >= 0.6 is 0 Å². The Kier molecular flexibility index (Phi) is 6.58. The monoisotopic (exact) mass is 342 g/mol. The largest absolute Gasteiger partial charge is 0.482 e. The molecule has 1 aromatic rings. The van der Waals surface area contributed by atoms with Crippen LogP contribution in [0.3, 0.4) is 0 Å². The Balaban J connectivity index is 2.02. The van der Waals surface area contributed by atoms with Crippen molar-refractivity contribution in [1.82, 2.24) is 5.32 Å². The van der Waals surface area contributed by atoms with Crippen molar-refractivity contribution in [2.75, 3.05) is 6.61 Å². The van der Waals surface area contributed by atoms with Crippen molar-refractivity contribution < 1.29 is 19.4 Å². The number of carboxylic acid groups (broad SMARTS) is 1. The number of carbonyl (C=O) groups is 2. The van der Waals surface area contributed by atoms with Gasteiger partial charge >= 0.3 is 5.97 Å². The summed E-state index contributed by atoms with van der Waals surface area (Å²) in [4.78, 5) is 22.8. The molecule has 2 rings (SSSR count). The molecule has 0 unspecified atom stereocenters. The van der Waals surface area contributed by atoms with Crippen molar-refractivity contribution in [3.63, 3.8) is 0 Å². The molecule has 0 bridgehead atoms. The third-order valence-electron chi connectivity index (χ3n) is 4.35. The van der Waals surface area contributed by atoms with Crippen LogP contribution in [0.25, 0.3) is 6.08 Å². The van der Waals surface area contributed by atoms with E-state index < -0.39 is 12.6 Å². The molecule has 0 heterocycles. The third kappa shape index (κ3) is 5.64. The van der Waals surface area contributed by atoms with Crippen molar-refractivity contribution in [2.24, 2.45) is 5.92 Å². The SMILES string of the molecule is C[C@H]1CCCC[C@H]1NC(=O)/C(C#N)=C/c1ccc(OCC(=O)O)cc1. The van der Waals surface area contributed by atoms with E-state index in [1.807, 2.05) is 6.07 Å². The summed E-state index contributed by atoms with van der Waals surface area (Å²) in [7, 11) is 0. The number of aliphatic carboxylic acids is 1. The predicted molar refractivity (Wildman–Crippen MR) is 92.7 cm³/mol. The van der Waals surface area contributed by atoms with E-state index in [4.69, 9.17) is 9.84 Å². The Labute approximate surface area is 147 Å². The highest BCUT2D eigenvalue weighted by molar-refractivity contribution is 6.01. The summed E-state index contributed by atoms with van der Waals surface area (Å²) in [6.45, 7) is 1.70. The van der Waals surface area contributed by atoms with Crippen molar-refractivity contribution in [3.8, 4) is 11.8 Å². The highest BCUT2D eigenvalue weighted by Gasteiger charge is 2.23. The Hall–Kier alpha value is -2.81.